The monoisotopic (exact) mass is 392 g/mol. The molecule has 0 aliphatic carbocycles. The molecule has 1 heterocycles. The van der Waals surface area contributed by atoms with E-state index in [0.29, 0.717) is 18.5 Å². The molecule has 0 aliphatic heterocycles. The number of hydrogen-bond acceptors (Lipinski definition) is 5. The summed E-state index contributed by atoms with van der Waals surface area (Å²) in [6.45, 7) is 2.54. The number of carbonyl (C=O) groups excluding carboxylic acids is 1. The second kappa shape index (κ2) is 9.84. The van der Waals surface area contributed by atoms with Crippen LogP contribution in [0.2, 0.25) is 0 Å². The lowest BCUT2D eigenvalue weighted by molar-refractivity contribution is -0.118. The van der Waals surface area contributed by atoms with Crippen molar-refractivity contribution in [1.82, 2.24) is 9.55 Å². The first-order valence-electron chi connectivity index (χ1n) is 9.05. The average molecular weight is 392 g/mol. The van der Waals surface area contributed by atoms with Gasteiger partial charge < -0.3 is 15.4 Å². The summed E-state index contributed by atoms with van der Waals surface area (Å²) in [5, 5.41) is 0. The fraction of sp³-hybridized carbons (Fsp3) is 0.421. The number of ether oxygens (including phenoxy) is 1. The highest BCUT2D eigenvalue weighted by molar-refractivity contribution is 5.96. The number of nitrogens with one attached hydrogen (secondary N) is 1. The molecule has 1 aromatic carbocycles. The summed E-state index contributed by atoms with van der Waals surface area (Å²) in [4.78, 5) is 40.9. The maximum absolute atomic E-state index is 13.1. The van der Waals surface area contributed by atoms with Gasteiger partial charge in [-0.15, -0.1) is 0 Å². The van der Waals surface area contributed by atoms with E-state index in [1.54, 1.807) is 0 Å². The third-order valence-corrected chi connectivity index (χ3v) is 4.31. The van der Waals surface area contributed by atoms with E-state index >= 15 is 0 Å². The van der Waals surface area contributed by atoms with Crippen molar-refractivity contribution in [3.8, 4) is 0 Å². The van der Waals surface area contributed by atoms with Gasteiger partial charge in [-0.05, 0) is 24.1 Å². The minimum absolute atomic E-state index is 0.0586. The predicted molar refractivity (Wildman–Crippen MR) is 105 cm³/mol. The Morgan fingerprint density at radius 1 is 1.29 bits per heavy atom. The molecular weight excluding hydrogens is 367 g/mol. The van der Waals surface area contributed by atoms with Gasteiger partial charge >= 0.3 is 5.69 Å². The van der Waals surface area contributed by atoms with Gasteiger partial charge in [-0.25, -0.2) is 9.18 Å². The van der Waals surface area contributed by atoms with Crippen molar-refractivity contribution >= 4 is 17.4 Å². The number of hydrogen-bond donors (Lipinski definition) is 2. The van der Waals surface area contributed by atoms with Crippen LogP contribution in [0.15, 0.2) is 33.9 Å². The number of nitrogens with two attached hydrogens (primary N) is 1. The minimum atomic E-state index is -0.737. The number of rotatable bonds is 9. The highest BCUT2D eigenvalue weighted by Gasteiger charge is 2.24. The zero-order valence-electron chi connectivity index (χ0n) is 16.0. The minimum Gasteiger partial charge on any atom is -0.383 e. The van der Waals surface area contributed by atoms with Crippen molar-refractivity contribution in [2.45, 2.75) is 32.7 Å². The first-order chi connectivity index (χ1) is 13.4. The number of aromatic amines is 1. The van der Waals surface area contributed by atoms with E-state index in [1.165, 1.54) is 40.8 Å². The fourth-order valence-electron chi connectivity index (χ4n) is 2.79. The Morgan fingerprint density at radius 3 is 2.57 bits per heavy atom. The second-order valence-corrected chi connectivity index (χ2v) is 6.34. The summed E-state index contributed by atoms with van der Waals surface area (Å²) in [6, 6.07) is 5.51. The molecule has 9 heteroatoms. The van der Waals surface area contributed by atoms with Gasteiger partial charge in [0.2, 0.25) is 5.91 Å². The summed E-state index contributed by atoms with van der Waals surface area (Å²) in [6.07, 6.45) is 1.46. The van der Waals surface area contributed by atoms with E-state index in [1.807, 2.05) is 6.92 Å². The van der Waals surface area contributed by atoms with Gasteiger partial charge in [-0.3, -0.25) is 19.1 Å². The van der Waals surface area contributed by atoms with Gasteiger partial charge in [-0.2, -0.15) is 0 Å². The molecule has 0 aliphatic rings. The fourth-order valence-corrected chi connectivity index (χ4v) is 2.79. The third kappa shape index (κ3) is 5.07. The molecular formula is C19H25FN4O4. The van der Waals surface area contributed by atoms with E-state index < -0.39 is 23.0 Å². The van der Waals surface area contributed by atoms with Crippen LogP contribution in [0.1, 0.15) is 25.3 Å². The van der Waals surface area contributed by atoms with E-state index in [4.69, 9.17) is 10.5 Å². The van der Waals surface area contributed by atoms with Crippen molar-refractivity contribution in [2.24, 2.45) is 0 Å². The van der Waals surface area contributed by atoms with Gasteiger partial charge in [-0.1, -0.05) is 25.5 Å². The van der Waals surface area contributed by atoms with E-state index in [9.17, 15) is 18.8 Å². The number of unbranched alkanes of at least 4 members (excludes halogenated alkanes) is 1. The maximum Gasteiger partial charge on any atom is 0.330 e. The lowest BCUT2D eigenvalue weighted by atomic mass is 10.1. The molecule has 0 spiro atoms. The molecule has 0 saturated heterocycles. The van der Waals surface area contributed by atoms with Crippen LogP contribution in [-0.2, 0) is 22.5 Å². The van der Waals surface area contributed by atoms with E-state index in [0.717, 1.165) is 6.42 Å². The molecule has 0 saturated carbocycles. The molecule has 2 aromatic rings. The number of benzene rings is 1. The molecule has 1 aromatic heterocycles. The topological polar surface area (TPSA) is 110 Å². The van der Waals surface area contributed by atoms with Crippen LogP contribution >= 0.6 is 0 Å². The molecule has 0 radical (unpaired) electrons. The Kier molecular flexibility index (Phi) is 7.51. The summed E-state index contributed by atoms with van der Waals surface area (Å²) in [7, 11) is 1.47. The van der Waals surface area contributed by atoms with Crippen molar-refractivity contribution < 1.29 is 13.9 Å². The maximum atomic E-state index is 13.1. The number of amides is 1. The summed E-state index contributed by atoms with van der Waals surface area (Å²) in [5.74, 6) is -0.886. The summed E-state index contributed by atoms with van der Waals surface area (Å²) in [5.41, 5.74) is 5.26. The first kappa shape index (κ1) is 21.4. The van der Waals surface area contributed by atoms with Gasteiger partial charge in [0.15, 0.2) is 5.69 Å². The molecule has 8 nitrogen and oxygen atoms in total. The molecule has 0 unspecified atom stereocenters. The number of anilines is 2. The van der Waals surface area contributed by atoms with Crippen molar-refractivity contribution in [2.75, 3.05) is 30.9 Å². The average Bonchev–Trinajstić information content (AvgIpc) is 2.65. The van der Waals surface area contributed by atoms with Gasteiger partial charge in [0, 0.05) is 20.2 Å². The van der Waals surface area contributed by atoms with Gasteiger partial charge in [0.05, 0.1) is 13.0 Å². The number of nitrogens with zero attached hydrogens (tertiary/aromatic N) is 2. The largest absolute Gasteiger partial charge is 0.383 e. The zero-order valence-corrected chi connectivity index (χ0v) is 16.0. The van der Waals surface area contributed by atoms with Crippen LogP contribution in [0.3, 0.4) is 0 Å². The second-order valence-electron chi connectivity index (χ2n) is 6.34. The highest BCUT2D eigenvalue weighted by Crippen LogP contribution is 2.18. The number of halogens is 1. The standard InChI is InChI=1S/C19H25FN4O4/c1-3-4-9-24-17(21)16(18(26)22-19(24)27)23(10-11-28-2)15(25)12-13-5-7-14(20)8-6-13/h5-8H,3-4,9-12,21H2,1-2H3,(H,22,26,27). The van der Waals surface area contributed by atoms with Crippen LogP contribution < -0.4 is 21.9 Å². The predicted octanol–water partition coefficient (Wildman–Crippen LogP) is 1.28. The Hall–Kier alpha value is -2.94. The molecule has 0 fully saturated rings. The van der Waals surface area contributed by atoms with Crippen LogP contribution in [0.5, 0.6) is 0 Å². The smallest absolute Gasteiger partial charge is 0.330 e. The highest BCUT2D eigenvalue weighted by atomic mass is 19.1. The molecule has 3 N–H and O–H groups in total. The van der Waals surface area contributed by atoms with Crippen LogP contribution in [0.4, 0.5) is 15.9 Å². The van der Waals surface area contributed by atoms with Crippen molar-refractivity contribution in [3.63, 3.8) is 0 Å². The van der Waals surface area contributed by atoms with Crippen LogP contribution in [-0.4, -0.2) is 35.7 Å². The Labute approximate surface area is 161 Å². The Balaban J connectivity index is 2.43. The molecule has 0 atom stereocenters. The normalized spacial score (nSPS) is 10.8. The van der Waals surface area contributed by atoms with E-state index in [2.05, 4.69) is 4.98 Å². The summed E-state index contributed by atoms with van der Waals surface area (Å²) < 4.78 is 19.4. The van der Waals surface area contributed by atoms with Gasteiger partial charge in [0.1, 0.15) is 11.6 Å². The lowest BCUT2D eigenvalue weighted by Crippen LogP contribution is -2.43. The lowest BCUT2D eigenvalue weighted by Gasteiger charge is -2.24. The number of nitrogen functional groups attached to an aromatic ring is 1. The SMILES string of the molecule is CCCCn1c(N)c(N(CCOC)C(=O)Cc2ccc(F)cc2)c(=O)[nH]c1=O. The first-order valence-corrected chi connectivity index (χ1v) is 9.05. The van der Waals surface area contributed by atoms with Crippen molar-refractivity contribution in [3.05, 3.63) is 56.5 Å². The summed E-state index contributed by atoms with van der Waals surface area (Å²) >= 11 is 0. The molecule has 152 valence electrons. The number of H-pyrrole nitrogens is 1. The number of aromatic nitrogens is 2. The Bertz CT molecular complexity index is 921. The van der Waals surface area contributed by atoms with Crippen LogP contribution in [0.25, 0.3) is 0 Å². The van der Waals surface area contributed by atoms with Crippen molar-refractivity contribution in [1.29, 1.82) is 0 Å². The molecule has 0 bridgehead atoms. The van der Waals surface area contributed by atoms with E-state index in [-0.39, 0.29) is 31.1 Å². The molecule has 1 amide bonds. The quantitative estimate of drug-likeness (QED) is 0.668. The number of methoxy groups -OCH3 is 1. The Morgan fingerprint density at radius 2 is 1.96 bits per heavy atom. The zero-order chi connectivity index (χ0) is 20.7. The third-order valence-electron chi connectivity index (χ3n) is 4.31. The van der Waals surface area contributed by atoms with Gasteiger partial charge in [0.25, 0.3) is 5.56 Å². The number of carbonyl (C=O) groups is 1. The molecule has 2 rings (SSSR count). The molecule has 28 heavy (non-hydrogen) atoms. The van der Waals surface area contributed by atoms with Crippen LogP contribution in [0, 0.1) is 5.82 Å².